The van der Waals surface area contributed by atoms with Gasteiger partial charge in [0.25, 0.3) is 0 Å². The van der Waals surface area contributed by atoms with E-state index in [2.05, 4.69) is 18.7 Å². The third kappa shape index (κ3) is 1.72. The van der Waals surface area contributed by atoms with E-state index in [9.17, 15) is 4.39 Å². The maximum absolute atomic E-state index is 13.2. The zero-order valence-corrected chi connectivity index (χ0v) is 7.02. The van der Waals surface area contributed by atoms with Gasteiger partial charge in [-0.1, -0.05) is 0 Å². The highest BCUT2D eigenvalue weighted by Gasteiger charge is 2.33. The van der Waals surface area contributed by atoms with E-state index in [1.54, 1.807) is 7.85 Å². The van der Waals surface area contributed by atoms with Crippen LogP contribution in [0.15, 0.2) is 0 Å². The molecule has 0 spiro atoms. The third-order valence-corrected chi connectivity index (χ3v) is 2.18. The standard InChI is InChI=1S/C7H15BFN/c1-6(2)10-4-3-7(8,9)5-10/h6H,3-5,8H2,1-2H3. The van der Waals surface area contributed by atoms with Crippen molar-refractivity contribution in [1.29, 1.82) is 0 Å². The molecule has 0 N–H and O–H groups in total. The lowest BCUT2D eigenvalue weighted by atomic mass is 9.83. The molecule has 1 heterocycles. The van der Waals surface area contributed by atoms with E-state index in [-0.39, 0.29) is 0 Å². The topological polar surface area (TPSA) is 3.24 Å². The van der Waals surface area contributed by atoms with Crippen molar-refractivity contribution in [2.24, 2.45) is 0 Å². The van der Waals surface area contributed by atoms with Crippen LogP contribution < -0.4 is 0 Å². The Morgan fingerprint density at radius 2 is 2.20 bits per heavy atom. The van der Waals surface area contributed by atoms with Gasteiger partial charge in [-0.3, -0.25) is 9.29 Å². The molecule has 1 aliphatic heterocycles. The average molecular weight is 143 g/mol. The highest BCUT2D eigenvalue weighted by Crippen LogP contribution is 2.23. The summed E-state index contributed by atoms with van der Waals surface area (Å²) >= 11 is 0. The molecule has 0 aliphatic carbocycles. The second-order valence-electron chi connectivity index (χ2n) is 3.73. The molecule has 0 amide bonds. The van der Waals surface area contributed by atoms with Gasteiger partial charge in [-0.2, -0.15) is 0 Å². The summed E-state index contributed by atoms with van der Waals surface area (Å²) in [5.74, 6) is 0. The van der Waals surface area contributed by atoms with Crippen molar-refractivity contribution in [3.8, 4) is 0 Å². The Morgan fingerprint density at radius 3 is 2.40 bits per heavy atom. The maximum atomic E-state index is 13.2. The average Bonchev–Trinajstić information content (AvgIpc) is 2.10. The lowest BCUT2D eigenvalue weighted by Gasteiger charge is -2.20. The van der Waals surface area contributed by atoms with Crippen LogP contribution in [0.3, 0.4) is 0 Å². The number of rotatable bonds is 1. The molecule has 1 saturated heterocycles. The first-order chi connectivity index (χ1) is 4.51. The Labute approximate surface area is 63.0 Å². The summed E-state index contributed by atoms with van der Waals surface area (Å²) < 4.78 is 13.2. The molecule has 1 atom stereocenters. The number of halogens is 1. The van der Waals surface area contributed by atoms with Crippen molar-refractivity contribution in [3.63, 3.8) is 0 Å². The van der Waals surface area contributed by atoms with Crippen molar-refractivity contribution in [3.05, 3.63) is 0 Å². The minimum atomic E-state index is -0.926. The van der Waals surface area contributed by atoms with Crippen LogP contribution in [0, 0.1) is 0 Å². The summed E-state index contributed by atoms with van der Waals surface area (Å²) in [6, 6.07) is 0.498. The molecule has 0 aromatic carbocycles. The fraction of sp³-hybridized carbons (Fsp3) is 1.00. The Morgan fingerprint density at radius 1 is 1.60 bits per heavy atom. The van der Waals surface area contributed by atoms with Crippen LogP contribution in [0.25, 0.3) is 0 Å². The van der Waals surface area contributed by atoms with Gasteiger partial charge in [-0.15, -0.1) is 0 Å². The molecule has 58 valence electrons. The van der Waals surface area contributed by atoms with Gasteiger partial charge in [0.1, 0.15) is 0 Å². The first-order valence-corrected chi connectivity index (χ1v) is 3.94. The summed E-state index contributed by atoms with van der Waals surface area (Å²) in [4.78, 5) is 2.18. The molecule has 3 heteroatoms. The zero-order chi connectivity index (χ0) is 7.78. The van der Waals surface area contributed by atoms with Crippen LogP contribution in [0.1, 0.15) is 20.3 Å². The Hall–Kier alpha value is -0.0451. The van der Waals surface area contributed by atoms with Gasteiger partial charge < -0.3 is 0 Å². The van der Waals surface area contributed by atoms with Crippen LogP contribution in [0.4, 0.5) is 4.39 Å². The molecule has 0 aromatic heterocycles. The normalized spacial score (nSPS) is 35.6. The van der Waals surface area contributed by atoms with Crippen molar-refractivity contribution >= 4 is 7.85 Å². The van der Waals surface area contributed by atoms with Gasteiger partial charge >= 0.3 is 0 Å². The SMILES string of the molecule is BC1(F)CCN(C(C)C)C1. The van der Waals surface area contributed by atoms with E-state index < -0.39 is 5.57 Å². The number of hydrogen-bond donors (Lipinski definition) is 0. The van der Waals surface area contributed by atoms with Crippen LogP contribution in [0.2, 0.25) is 0 Å². The van der Waals surface area contributed by atoms with Gasteiger partial charge in [-0.25, -0.2) is 0 Å². The lowest BCUT2D eigenvalue weighted by molar-refractivity contribution is 0.225. The molecule has 1 rings (SSSR count). The molecule has 0 radical (unpaired) electrons. The fourth-order valence-corrected chi connectivity index (χ4v) is 1.40. The van der Waals surface area contributed by atoms with E-state index in [4.69, 9.17) is 0 Å². The third-order valence-electron chi connectivity index (χ3n) is 2.18. The number of likely N-dealkylation sites (tertiary alicyclic amines) is 1. The molecule has 0 aromatic rings. The zero-order valence-electron chi connectivity index (χ0n) is 7.02. The maximum Gasteiger partial charge on any atom is 0.152 e. The summed E-state index contributed by atoms with van der Waals surface area (Å²) in [6.07, 6.45) is 0.700. The quantitative estimate of drug-likeness (QED) is 0.480. The monoisotopic (exact) mass is 143 g/mol. The highest BCUT2D eigenvalue weighted by molar-refractivity contribution is 6.14. The van der Waals surface area contributed by atoms with Gasteiger partial charge in [0, 0.05) is 19.1 Å². The van der Waals surface area contributed by atoms with Crippen molar-refractivity contribution in [2.45, 2.75) is 31.9 Å². The minimum Gasteiger partial charge on any atom is -0.298 e. The molecule has 0 saturated carbocycles. The van der Waals surface area contributed by atoms with E-state index >= 15 is 0 Å². The van der Waals surface area contributed by atoms with Crippen LogP contribution in [0.5, 0.6) is 0 Å². The van der Waals surface area contributed by atoms with Crippen molar-refractivity contribution in [1.82, 2.24) is 4.90 Å². The van der Waals surface area contributed by atoms with Gasteiger partial charge in [-0.05, 0) is 20.3 Å². The highest BCUT2D eigenvalue weighted by atomic mass is 19.1. The van der Waals surface area contributed by atoms with Gasteiger partial charge in [0.05, 0.1) is 5.57 Å². The lowest BCUT2D eigenvalue weighted by Crippen LogP contribution is -2.33. The summed E-state index contributed by atoms with van der Waals surface area (Å²) in [7, 11) is 1.69. The summed E-state index contributed by atoms with van der Waals surface area (Å²) in [5, 5.41) is 0. The molecule has 1 nitrogen and oxygen atoms in total. The van der Waals surface area contributed by atoms with Crippen LogP contribution in [-0.4, -0.2) is 37.4 Å². The Kier molecular flexibility index (Phi) is 2.04. The van der Waals surface area contributed by atoms with E-state index in [0.717, 1.165) is 6.54 Å². The van der Waals surface area contributed by atoms with E-state index in [1.807, 2.05) is 0 Å². The number of nitrogens with zero attached hydrogens (tertiary/aromatic N) is 1. The van der Waals surface area contributed by atoms with E-state index in [1.165, 1.54) is 0 Å². The molecule has 0 bridgehead atoms. The van der Waals surface area contributed by atoms with Crippen molar-refractivity contribution in [2.75, 3.05) is 13.1 Å². The molecule has 1 unspecified atom stereocenters. The van der Waals surface area contributed by atoms with Gasteiger partial charge in [0.2, 0.25) is 0 Å². The largest absolute Gasteiger partial charge is 0.298 e. The molecule has 1 aliphatic rings. The predicted octanol–water partition coefficient (Wildman–Crippen LogP) is 0.399. The Balaban J connectivity index is 2.43. The summed E-state index contributed by atoms with van der Waals surface area (Å²) in [6.45, 7) is 5.76. The Bertz CT molecular complexity index is 125. The molecule has 1 fully saturated rings. The van der Waals surface area contributed by atoms with Crippen LogP contribution in [-0.2, 0) is 0 Å². The minimum absolute atomic E-state index is 0.498. The van der Waals surface area contributed by atoms with Crippen molar-refractivity contribution < 1.29 is 4.39 Å². The second kappa shape index (κ2) is 2.53. The number of alkyl halides is 1. The molecular weight excluding hydrogens is 128 g/mol. The summed E-state index contributed by atoms with van der Waals surface area (Å²) in [5.41, 5.74) is -0.926. The number of hydrogen-bond acceptors (Lipinski definition) is 1. The molecular formula is C7H15BFN. The molecule has 10 heavy (non-hydrogen) atoms. The second-order valence-corrected chi connectivity index (χ2v) is 3.73. The first kappa shape index (κ1) is 8.06. The van der Waals surface area contributed by atoms with Gasteiger partial charge in [0.15, 0.2) is 7.85 Å². The predicted molar refractivity (Wildman–Crippen MR) is 43.7 cm³/mol. The smallest absolute Gasteiger partial charge is 0.152 e. The van der Waals surface area contributed by atoms with E-state index in [0.29, 0.717) is 19.0 Å². The van der Waals surface area contributed by atoms with Crippen LogP contribution >= 0.6 is 0 Å². The fourth-order valence-electron chi connectivity index (χ4n) is 1.40. The first-order valence-electron chi connectivity index (χ1n) is 3.94.